The number of aliphatic hydroxyl groups excluding tert-OH is 1. The van der Waals surface area contributed by atoms with Gasteiger partial charge in [0, 0.05) is 6.54 Å². The highest BCUT2D eigenvalue weighted by Crippen LogP contribution is 2.51. The van der Waals surface area contributed by atoms with E-state index in [9.17, 15) is 8.42 Å². The van der Waals surface area contributed by atoms with Crippen molar-refractivity contribution >= 4 is 21.4 Å². The molecule has 1 atom stereocenters. The minimum Gasteiger partial charge on any atom is -0.392 e. The minimum atomic E-state index is -3.40. The van der Waals surface area contributed by atoms with Gasteiger partial charge in [-0.25, -0.2) is 13.1 Å². The number of hydrogen-bond donors (Lipinski definition) is 2. The van der Waals surface area contributed by atoms with Crippen LogP contribution in [0.2, 0.25) is 0 Å². The lowest BCUT2D eigenvalue weighted by Crippen LogP contribution is -2.26. The SMILES string of the molecule is CC1(C)CC1CNS(=O)(=O)c1cc(CO)cs1. The second kappa shape index (κ2) is 4.35. The summed E-state index contributed by atoms with van der Waals surface area (Å²) in [6, 6.07) is 1.52. The Kier molecular flexibility index (Phi) is 3.33. The first-order chi connectivity index (χ1) is 7.85. The lowest BCUT2D eigenvalue weighted by molar-refractivity contribution is 0.282. The van der Waals surface area contributed by atoms with Crippen LogP contribution in [0.1, 0.15) is 25.8 Å². The molecule has 0 aliphatic heterocycles. The quantitative estimate of drug-likeness (QED) is 0.857. The molecule has 1 aromatic heterocycles. The fraction of sp³-hybridized carbons (Fsp3) is 0.636. The van der Waals surface area contributed by atoms with Crippen LogP contribution >= 0.6 is 11.3 Å². The molecule has 1 heterocycles. The van der Waals surface area contributed by atoms with Crippen molar-refractivity contribution in [2.24, 2.45) is 11.3 Å². The maximum Gasteiger partial charge on any atom is 0.250 e. The van der Waals surface area contributed by atoms with Gasteiger partial charge in [-0.2, -0.15) is 0 Å². The molecular weight excluding hydrogens is 258 g/mol. The predicted octanol–water partition coefficient (Wildman–Crippen LogP) is 1.56. The van der Waals surface area contributed by atoms with Crippen molar-refractivity contribution in [2.45, 2.75) is 31.1 Å². The molecule has 0 aromatic carbocycles. The van der Waals surface area contributed by atoms with Crippen LogP contribution in [0.4, 0.5) is 0 Å². The van der Waals surface area contributed by atoms with Gasteiger partial charge < -0.3 is 5.11 Å². The van der Waals surface area contributed by atoms with Crippen molar-refractivity contribution in [1.82, 2.24) is 4.72 Å². The average Bonchev–Trinajstić information content (AvgIpc) is 2.68. The maximum absolute atomic E-state index is 11.9. The summed E-state index contributed by atoms with van der Waals surface area (Å²) in [5.74, 6) is 0.439. The standard InChI is InChI=1S/C11H17NO3S2/c1-11(2)4-9(11)5-12-17(14,15)10-3-8(6-13)7-16-10/h3,7,9,12-13H,4-6H2,1-2H3. The molecule has 1 saturated carbocycles. The van der Waals surface area contributed by atoms with Gasteiger partial charge in [-0.1, -0.05) is 13.8 Å². The van der Waals surface area contributed by atoms with Crippen molar-refractivity contribution < 1.29 is 13.5 Å². The van der Waals surface area contributed by atoms with Gasteiger partial charge in [0.25, 0.3) is 0 Å². The van der Waals surface area contributed by atoms with Crippen LogP contribution in [0.25, 0.3) is 0 Å². The third kappa shape index (κ3) is 2.88. The Morgan fingerprint density at radius 1 is 1.59 bits per heavy atom. The second-order valence-electron chi connectivity index (χ2n) is 5.17. The molecule has 6 heteroatoms. The van der Waals surface area contributed by atoms with Crippen molar-refractivity contribution in [2.75, 3.05) is 6.54 Å². The summed E-state index contributed by atoms with van der Waals surface area (Å²) in [7, 11) is -3.40. The monoisotopic (exact) mass is 275 g/mol. The summed E-state index contributed by atoms with van der Waals surface area (Å²) in [6.07, 6.45) is 1.07. The topological polar surface area (TPSA) is 66.4 Å². The Bertz CT molecular complexity index is 505. The predicted molar refractivity (Wildman–Crippen MR) is 67.3 cm³/mol. The molecule has 0 bridgehead atoms. The molecule has 0 radical (unpaired) electrons. The Labute approximate surface area is 106 Å². The largest absolute Gasteiger partial charge is 0.392 e. The normalized spacial score (nSPS) is 22.6. The molecule has 1 unspecified atom stereocenters. The molecule has 1 fully saturated rings. The zero-order valence-electron chi connectivity index (χ0n) is 9.93. The first kappa shape index (κ1) is 13.0. The van der Waals surface area contributed by atoms with Gasteiger partial charge in [0.15, 0.2) is 0 Å². The molecule has 0 saturated heterocycles. The van der Waals surface area contributed by atoms with Gasteiger partial charge in [0.05, 0.1) is 6.61 Å². The fourth-order valence-electron chi connectivity index (χ4n) is 1.78. The van der Waals surface area contributed by atoms with E-state index >= 15 is 0 Å². The fourth-order valence-corrected chi connectivity index (χ4v) is 4.11. The molecule has 17 heavy (non-hydrogen) atoms. The first-order valence-corrected chi connectivity index (χ1v) is 7.89. The average molecular weight is 275 g/mol. The van der Waals surface area contributed by atoms with Crippen LogP contribution < -0.4 is 4.72 Å². The summed E-state index contributed by atoms with van der Waals surface area (Å²) in [5, 5.41) is 10.6. The van der Waals surface area contributed by atoms with Gasteiger partial charge in [0.2, 0.25) is 10.0 Å². The maximum atomic E-state index is 11.9. The van der Waals surface area contributed by atoms with Crippen LogP contribution in [-0.2, 0) is 16.6 Å². The van der Waals surface area contributed by atoms with Crippen LogP contribution in [0, 0.1) is 11.3 Å². The molecule has 1 aromatic rings. The molecule has 1 aliphatic rings. The Hall–Kier alpha value is -0.430. The van der Waals surface area contributed by atoms with E-state index in [1.165, 1.54) is 6.07 Å². The summed E-state index contributed by atoms with van der Waals surface area (Å²) in [4.78, 5) is 0. The number of aliphatic hydroxyl groups is 1. The number of hydrogen-bond acceptors (Lipinski definition) is 4. The molecular formula is C11H17NO3S2. The van der Waals surface area contributed by atoms with Crippen molar-refractivity contribution in [3.8, 4) is 0 Å². The molecule has 2 rings (SSSR count). The Morgan fingerprint density at radius 2 is 2.24 bits per heavy atom. The smallest absolute Gasteiger partial charge is 0.250 e. The number of sulfonamides is 1. The number of rotatable bonds is 5. The zero-order valence-corrected chi connectivity index (χ0v) is 11.6. The zero-order chi connectivity index (χ0) is 12.7. The van der Waals surface area contributed by atoms with E-state index in [0.717, 1.165) is 17.8 Å². The summed E-state index contributed by atoms with van der Waals surface area (Å²) < 4.78 is 26.8. The third-order valence-corrected chi connectivity index (χ3v) is 6.23. The third-order valence-electron chi connectivity index (χ3n) is 3.31. The summed E-state index contributed by atoms with van der Waals surface area (Å²) in [5.41, 5.74) is 0.913. The Balaban J connectivity index is 1.99. The van der Waals surface area contributed by atoms with E-state index in [4.69, 9.17) is 5.11 Å². The molecule has 96 valence electrons. The van der Waals surface area contributed by atoms with Gasteiger partial charge in [0.1, 0.15) is 4.21 Å². The Morgan fingerprint density at radius 3 is 2.71 bits per heavy atom. The van der Waals surface area contributed by atoms with Crippen LogP contribution in [0.15, 0.2) is 15.7 Å². The van der Waals surface area contributed by atoms with Gasteiger partial charge in [-0.3, -0.25) is 0 Å². The van der Waals surface area contributed by atoms with Crippen LogP contribution in [0.5, 0.6) is 0 Å². The van der Waals surface area contributed by atoms with E-state index in [-0.39, 0.29) is 16.2 Å². The first-order valence-electron chi connectivity index (χ1n) is 5.53. The number of nitrogens with one attached hydrogen (secondary N) is 1. The summed E-state index contributed by atoms with van der Waals surface area (Å²) >= 11 is 1.14. The van der Waals surface area contributed by atoms with E-state index in [1.807, 2.05) is 0 Å². The molecule has 1 aliphatic carbocycles. The highest BCUT2D eigenvalue weighted by atomic mass is 32.2. The molecule has 2 N–H and O–H groups in total. The number of thiophene rings is 1. The lowest BCUT2D eigenvalue weighted by Gasteiger charge is -2.05. The van der Waals surface area contributed by atoms with E-state index in [1.54, 1.807) is 5.38 Å². The van der Waals surface area contributed by atoms with E-state index in [0.29, 0.717) is 18.0 Å². The molecule has 0 spiro atoms. The molecule has 0 amide bonds. The van der Waals surface area contributed by atoms with E-state index < -0.39 is 10.0 Å². The second-order valence-corrected chi connectivity index (χ2v) is 8.08. The van der Waals surface area contributed by atoms with Crippen molar-refractivity contribution in [3.63, 3.8) is 0 Å². The lowest BCUT2D eigenvalue weighted by atomic mass is 10.1. The van der Waals surface area contributed by atoms with Crippen molar-refractivity contribution in [3.05, 3.63) is 17.0 Å². The van der Waals surface area contributed by atoms with Gasteiger partial charge >= 0.3 is 0 Å². The highest BCUT2D eigenvalue weighted by Gasteiger charge is 2.45. The molecule has 4 nitrogen and oxygen atoms in total. The summed E-state index contributed by atoms with van der Waals surface area (Å²) in [6.45, 7) is 4.66. The van der Waals surface area contributed by atoms with Crippen LogP contribution in [-0.4, -0.2) is 20.1 Å². The van der Waals surface area contributed by atoms with Gasteiger partial charge in [-0.15, -0.1) is 11.3 Å². The highest BCUT2D eigenvalue weighted by molar-refractivity contribution is 7.91. The van der Waals surface area contributed by atoms with Crippen molar-refractivity contribution in [1.29, 1.82) is 0 Å². The van der Waals surface area contributed by atoms with Crippen LogP contribution in [0.3, 0.4) is 0 Å². The van der Waals surface area contributed by atoms with Gasteiger partial charge in [-0.05, 0) is 34.8 Å². The van der Waals surface area contributed by atoms with E-state index in [2.05, 4.69) is 18.6 Å². The minimum absolute atomic E-state index is 0.123.